The van der Waals surface area contributed by atoms with Gasteiger partial charge in [-0.05, 0) is 83.4 Å². The van der Waals surface area contributed by atoms with Gasteiger partial charge >= 0.3 is 0 Å². The summed E-state index contributed by atoms with van der Waals surface area (Å²) in [5.74, 6) is 1.24. The summed E-state index contributed by atoms with van der Waals surface area (Å²) >= 11 is 0. The first-order chi connectivity index (χ1) is 14.1. The van der Waals surface area contributed by atoms with Crippen molar-refractivity contribution >= 4 is 11.7 Å². The zero-order valence-electron chi connectivity index (χ0n) is 16.8. The fourth-order valence-electron chi connectivity index (χ4n) is 3.49. The Kier molecular flexibility index (Phi) is 5.60. The molecule has 4 rings (SSSR count). The number of carbonyl (C=O) groups is 1. The number of rotatable bonds is 6. The van der Waals surface area contributed by atoms with E-state index in [-0.39, 0.29) is 5.91 Å². The Balaban J connectivity index is 1.48. The van der Waals surface area contributed by atoms with Crippen LogP contribution in [0.5, 0.6) is 5.75 Å². The highest BCUT2D eigenvalue weighted by atomic mass is 16.6. The molecule has 6 nitrogen and oxygen atoms in total. The molecule has 29 heavy (non-hydrogen) atoms. The second-order valence-electron chi connectivity index (χ2n) is 7.84. The van der Waals surface area contributed by atoms with Crippen LogP contribution in [0, 0.1) is 5.92 Å². The summed E-state index contributed by atoms with van der Waals surface area (Å²) in [5, 5.41) is 10.7. The molecule has 0 aliphatic heterocycles. The number of benzene rings is 2. The molecule has 0 unspecified atom stereocenters. The summed E-state index contributed by atoms with van der Waals surface area (Å²) in [5.41, 5.74) is 4.69. The lowest BCUT2D eigenvalue weighted by molar-refractivity contribution is 0.102. The lowest BCUT2D eigenvalue weighted by Gasteiger charge is -2.16. The molecule has 6 heteroatoms. The SMILES string of the molecule is CC(C)COc1ccc(C(=O)Nc2nonc2-c2ccc3c(c2)CCCC3)cc1. The summed E-state index contributed by atoms with van der Waals surface area (Å²) < 4.78 is 10.6. The molecule has 3 aromatic rings. The maximum atomic E-state index is 12.6. The van der Waals surface area contributed by atoms with E-state index in [0.717, 1.165) is 24.2 Å². The van der Waals surface area contributed by atoms with E-state index in [0.29, 0.717) is 29.6 Å². The minimum absolute atomic E-state index is 0.268. The van der Waals surface area contributed by atoms with Gasteiger partial charge in [0.25, 0.3) is 5.91 Å². The standard InChI is InChI=1S/C23H25N3O3/c1-15(2)14-28-20-11-9-17(10-12-20)23(27)24-22-21(25-29-26-22)19-8-7-16-5-3-4-6-18(16)13-19/h7-13,15H,3-6,14H2,1-2H3,(H,24,26,27). The highest BCUT2D eigenvalue weighted by Crippen LogP contribution is 2.30. The first kappa shape index (κ1) is 19.2. The number of ether oxygens (including phenoxy) is 1. The van der Waals surface area contributed by atoms with Crippen molar-refractivity contribution in [3.8, 4) is 17.0 Å². The number of hydrogen-bond donors (Lipinski definition) is 1. The molecule has 0 fully saturated rings. The average Bonchev–Trinajstić information content (AvgIpc) is 3.20. The Morgan fingerprint density at radius 1 is 1.07 bits per heavy atom. The molecular weight excluding hydrogens is 366 g/mol. The van der Waals surface area contributed by atoms with E-state index in [9.17, 15) is 4.79 Å². The van der Waals surface area contributed by atoms with Crippen LogP contribution in [0.2, 0.25) is 0 Å². The van der Waals surface area contributed by atoms with Crippen LogP contribution in [0.25, 0.3) is 11.3 Å². The topological polar surface area (TPSA) is 77.2 Å². The lowest BCUT2D eigenvalue weighted by Crippen LogP contribution is -2.13. The number of nitrogens with one attached hydrogen (secondary N) is 1. The van der Waals surface area contributed by atoms with Crippen LogP contribution in [0.15, 0.2) is 47.1 Å². The number of aromatic nitrogens is 2. The van der Waals surface area contributed by atoms with Crippen LogP contribution in [0.3, 0.4) is 0 Å². The molecule has 2 aromatic carbocycles. The van der Waals surface area contributed by atoms with Crippen molar-refractivity contribution in [3.05, 3.63) is 59.2 Å². The highest BCUT2D eigenvalue weighted by molar-refractivity contribution is 6.05. The van der Waals surface area contributed by atoms with Gasteiger partial charge in [0.05, 0.1) is 6.61 Å². The molecule has 0 bridgehead atoms. The molecule has 0 radical (unpaired) electrons. The van der Waals surface area contributed by atoms with E-state index in [1.54, 1.807) is 24.3 Å². The summed E-state index contributed by atoms with van der Waals surface area (Å²) in [6.07, 6.45) is 4.63. The van der Waals surface area contributed by atoms with E-state index in [1.807, 2.05) is 6.07 Å². The van der Waals surface area contributed by atoms with Crippen LogP contribution >= 0.6 is 0 Å². The average molecular weight is 391 g/mol. The fourth-order valence-corrected chi connectivity index (χ4v) is 3.49. The van der Waals surface area contributed by atoms with Gasteiger partial charge in [-0.25, -0.2) is 4.63 Å². The molecule has 0 atom stereocenters. The van der Waals surface area contributed by atoms with Crippen molar-refractivity contribution in [2.24, 2.45) is 5.92 Å². The van der Waals surface area contributed by atoms with Gasteiger partial charge in [-0.3, -0.25) is 4.79 Å². The van der Waals surface area contributed by atoms with Crippen molar-refractivity contribution in [1.82, 2.24) is 10.3 Å². The van der Waals surface area contributed by atoms with Gasteiger partial charge in [-0.2, -0.15) is 0 Å². The van der Waals surface area contributed by atoms with Crippen LogP contribution in [-0.4, -0.2) is 22.8 Å². The molecule has 1 aromatic heterocycles. The van der Waals surface area contributed by atoms with Gasteiger partial charge in [0, 0.05) is 11.1 Å². The van der Waals surface area contributed by atoms with Crippen molar-refractivity contribution in [2.45, 2.75) is 39.5 Å². The van der Waals surface area contributed by atoms with Gasteiger partial charge in [0.1, 0.15) is 5.75 Å². The number of hydrogen-bond acceptors (Lipinski definition) is 5. The van der Waals surface area contributed by atoms with Gasteiger partial charge in [0.2, 0.25) is 5.82 Å². The van der Waals surface area contributed by atoms with Crippen molar-refractivity contribution < 1.29 is 14.2 Å². The molecule has 150 valence electrons. The monoisotopic (exact) mass is 391 g/mol. The van der Waals surface area contributed by atoms with Gasteiger partial charge < -0.3 is 10.1 Å². The third kappa shape index (κ3) is 4.47. The Hall–Kier alpha value is -3.15. The van der Waals surface area contributed by atoms with Gasteiger partial charge in [0.15, 0.2) is 5.69 Å². The summed E-state index contributed by atoms with van der Waals surface area (Å²) in [4.78, 5) is 12.6. The maximum absolute atomic E-state index is 12.6. The number of aryl methyl sites for hydroxylation is 2. The minimum atomic E-state index is -0.268. The van der Waals surface area contributed by atoms with Crippen molar-refractivity contribution in [1.29, 1.82) is 0 Å². The number of fused-ring (bicyclic) bond motifs is 1. The summed E-state index contributed by atoms with van der Waals surface area (Å²) in [6, 6.07) is 13.3. The number of carbonyl (C=O) groups excluding carboxylic acids is 1. The number of anilines is 1. The molecule has 0 saturated carbocycles. The Morgan fingerprint density at radius 3 is 2.59 bits per heavy atom. The zero-order valence-corrected chi connectivity index (χ0v) is 16.8. The molecule has 0 spiro atoms. The zero-order chi connectivity index (χ0) is 20.2. The Bertz CT molecular complexity index is 993. The molecule has 1 N–H and O–H groups in total. The van der Waals surface area contributed by atoms with E-state index in [4.69, 9.17) is 9.37 Å². The molecule has 0 saturated heterocycles. The molecule has 1 aliphatic rings. The molecule has 1 aliphatic carbocycles. The minimum Gasteiger partial charge on any atom is -0.493 e. The van der Waals surface area contributed by atoms with E-state index in [2.05, 4.69) is 41.6 Å². The molecule has 1 heterocycles. The third-order valence-electron chi connectivity index (χ3n) is 5.04. The fraction of sp³-hybridized carbons (Fsp3) is 0.348. The Morgan fingerprint density at radius 2 is 1.83 bits per heavy atom. The van der Waals surface area contributed by atoms with Crippen LogP contribution in [0.4, 0.5) is 5.82 Å². The predicted octanol–water partition coefficient (Wildman–Crippen LogP) is 4.90. The molecular formula is C23H25N3O3. The maximum Gasteiger partial charge on any atom is 0.256 e. The number of amides is 1. The second-order valence-corrected chi connectivity index (χ2v) is 7.84. The second kappa shape index (κ2) is 8.47. The van der Waals surface area contributed by atoms with Crippen LogP contribution < -0.4 is 10.1 Å². The van der Waals surface area contributed by atoms with E-state index < -0.39 is 0 Å². The van der Waals surface area contributed by atoms with E-state index in [1.165, 1.54) is 24.0 Å². The smallest absolute Gasteiger partial charge is 0.256 e. The normalized spacial score (nSPS) is 13.2. The van der Waals surface area contributed by atoms with Crippen molar-refractivity contribution in [2.75, 3.05) is 11.9 Å². The quantitative estimate of drug-likeness (QED) is 0.646. The lowest BCUT2D eigenvalue weighted by atomic mass is 9.90. The largest absolute Gasteiger partial charge is 0.493 e. The van der Waals surface area contributed by atoms with Crippen LogP contribution in [0.1, 0.15) is 48.2 Å². The summed E-state index contributed by atoms with van der Waals surface area (Å²) in [6.45, 7) is 4.82. The van der Waals surface area contributed by atoms with E-state index >= 15 is 0 Å². The van der Waals surface area contributed by atoms with Crippen LogP contribution in [-0.2, 0) is 12.8 Å². The first-order valence-electron chi connectivity index (χ1n) is 10.1. The highest BCUT2D eigenvalue weighted by Gasteiger charge is 2.18. The van der Waals surface area contributed by atoms with Crippen molar-refractivity contribution in [3.63, 3.8) is 0 Å². The predicted molar refractivity (Wildman–Crippen MR) is 111 cm³/mol. The Labute approximate surface area is 170 Å². The molecule has 1 amide bonds. The number of nitrogens with zero attached hydrogens (tertiary/aromatic N) is 2. The summed E-state index contributed by atoms with van der Waals surface area (Å²) in [7, 11) is 0. The van der Waals surface area contributed by atoms with Gasteiger partial charge in [-0.15, -0.1) is 0 Å². The first-order valence-corrected chi connectivity index (χ1v) is 10.1. The third-order valence-corrected chi connectivity index (χ3v) is 5.04. The van der Waals surface area contributed by atoms with Gasteiger partial charge in [-0.1, -0.05) is 26.0 Å².